The summed E-state index contributed by atoms with van der Waals surface area (Å²) in [7, 11) is 3.32. The molecule has 0 radical (unpaired) electrons. The second kappa shape index (κ2) is 23.5. The van der Waals surface area contributed by atoms with Crippen LogP contribution in [0.1, 0.15) is 60.2 Å². The molecule has 24 nitrogen and oxygen atoms in total. The highest BCUT2D eigenvalue weighted by atomic mass is 19.3. The van der Waals surface area contributed by atoms with Gasteiger partial charge in [-0.3, -0.25) is 28.3 Å². The van der Waals surface area contributed by atoms with Crippen molar-refractivity contribution in [2.24, 2.45) is 36.8 Å². The number of carbonyl (C=O) groups excluding carboxylic acids is 2. The third kappa shape index (κ3) is 11.9. The van der Waals surface area contributed by atoms with Gasteiger partial charge in [0.05, 0.1) is 59.7 Å². The van der Waals surface area contributed by atoms with Gasteiger partial charge in [-0.05, 0) is 112 Å². The number of amides is 2. The molecule has 14 heterocycles. The first-order chi connectivity index (χ1) is 42.5. The van der Waals surface area contributed by atoms with Crippen molar-refractivity contribution in [3.63, 3.8) is 0 Å². The number of piperidine rings is 6. The number of hydrogen-bond donors (Lipinski definition) is 2. The van der Waals surface area contributed by atoms with Gasteiger partial charge >= 0.3 is 13.2 Å². The maximum absolute atomic E-state index is 13.4. The van der Waals surface area contributed by atoms with E-state index in [1.54, 1.807) is 100 Å². The Hall–Kier alpha value is -9.70. The quantitative estimate of drug-likeness (QED) is 0.0762. The number of carbonyl (C=O) groups is 2. The molecule has 8 aromatic heterocycles. The lowest BCUT2D eigenvalue weighted by molar-refractivity contribution is -0.0501. The molecule has 6 aliphatic rings. The summed E-state index contributed by atoms with van der Waals surface area (Å²) < 4.78 is 85.3. The number of benzene rings is 2. The van der Waals surface area contributed by atoms with E-state index in [4.69, 9.17) is 18.9 Å². The van der Waals surface area contributed by atoms with E-state index in [2.05, 4.69) is 74.8 Å². The third-order valence-electron chi connectivity index (χ3n) is 17.1. The molecule has 6 fully saturated rings. The van der Waals surface area contributed by atoms with Crippen LogP contribution in [0.25, 0.3) is 33.8 Å². The molecule has 28 heteroatoms. The van der Waals surface area contributed by atoms with Crippen LogP contribution < -0.4 is 29.6 Å². The molecular weight excluding hydrogens is 1140 g/mol. The molecule has 2 unspecified atom stereocenters. The molecule has 2 aromatic carbocycles. The minimum atomic E-state index is -3.07. The van der Waals surface area contributed by atoms with Gasteiger partial charge in [0.15, 0.2) is 22.8 Å². The zero-order valence-electron chi connectivity index (χ0n) is 48.5. The Bertz CT molecular complexity index is 3910. The number of aryl methyl sites for hydroxylation is 2. The zero-order chi connectivity index (χ0) is 60.8. The SMILES string of the molecule is Cn1cc(NC(=O)c2cnn3cccnc23)c(-c2cc(Oc3cnn(CC4(C)CN5CCC4CC5)c3)ccc2OC(F)F)n1.Cn1cc(NC(=O)c2cnn3cccnc23)c(-c2cc(Oc3cnn(CC4(C)CN5CCC4CC5)c3)ccc2OC(F)F)n1. The molecular formula is C60H62F4N18O6. The molecule has 2 atom stereocenters. The van der Waals surface area contributed by atoms with Crippen molar-refractivity contribution in [2.75, 3.05) is 49.9 Å². The molecule has 2 amide bonds. The predicted octanol–water partition coefficient (Wildman–Crippen LogP) is 9.41. The lowest BCUT2D eigenvalue weighted by atomic mass is 9.68. The molecule has 10 aromatic rings. The number of alkyl halides is 4. The number of anilines is 2. The second-order valence-electron chi connectivity index (χ2n) is 23.4. The van der Waals surface area contributed by atoms with E-state index in [1.165, 1.54) is 94.8 Å². The van der Waals surface area contributed by atoms with Crippen LogP contribution in [0, 0.1) is 22.7 Å². The fourth-order valence-corrected chi connectivity index (χ4v) is 13.0. The summed E-state index contributed by atoms with van der Waals surface area (Å²) >= 11 is 0. The highest BCUT2D eigenvalue weighted by molar-refractivity contribution is 6.10. The van der Waals surface area contributed by atoms with Gasteiger partial charge in [-0.2, -0.15) is 48.2 Å². The first kappa shape index (κ1) is 57.4. The van der Waals surface area contributed by atoms with Crippen LogP contribution in [-0.2, 0) is 27.2 Å². The van der Waals surface area contributed by atoms with Crippen molar-refractivity contribution in [1.29, 1.82) is 0 Å². The van der Waals surface area contributed by atoms with E-state index in [-0.39, 0.29) is 67.3 Å². The maximum atomic E-state index is 13.4. The van der Waals surface area contributed by atoms with Crippen molar-refractivity contribution in [2.45, 2.75) is 65.8 Å². The van der Waals surface area contributed by atoms with Crippen molar-refractivity contribution >= 4 is 34.5 Å². The number of aromatic nitrogens is 14. The highest BCUT2D eigenvalue weighted by Gasteiger charge is 2.45. The Morgan fingerprint density at radius 3 is 1.39 bits per heavy atom. The molecule has 4 bridgehead atoms. The predicted molar refractivity (Wildman–Crippen MR) is 312 cm³/mol. The minimum Gasteiger partial charge on any atom is -0.454 e. The molecule has 0 spiro atoms. The van der Waals surface area contributed by atoms with Crippen molar-refractivity contribution in [3.05, 3.63) is 134 Å². The monoisotopic (exact) mass is 1210 g/mol. The first-order valence-electron chi connectivity index (χ1n) is 28.8. The Labute approximate surface area is 500 Å². The largest absolute Gasteiger partial charge is 0.454 e. The van der Waals surface area contributed by atoms with Crippen molar-refractivity contribution in [3.8, 4) is 57.0 Å². The smallest absolute Gasteiger partial charge is 0.387 e. The second-order valence-corrected chi connectivity index (χ2v) is 23.4. The summed E-state index contributed by atoms with van der Waals surface area (Å²) in [4.78, 5) is 40.0. The molecule has 0 aliphatic carbocycles. The van der Waals surface area contributed by atoms with Crippen LogP contribution in [-0.4, -0.2) is 142 Å². The average molecular weight is 1210 g/mol. The average Bonchev–Trinajstić information content (AvgIpc) is 2.50. The number of halogens is 4. The number of ether oxygens (including phenoxy) is 4. The number of nitrogens with zero attached hydrogens (tertiary/aromatic N) is 16. The van der Waals surface area contributed by atoms with Crippen LogP contribution >= 0.6 is 0 Å². The highest BCUT2D eigenvalue weighted by Crippen LogP contribution is 2.46. The number of rotatable bonds is 18. The number of fused-ring (bicyclic) bond motifs is 8. The van der Waals surface area contributed by atoms with Crippen LogP contribution in [0.5, 0.6) is 34.5 Å². The molecule has 456 valence electrons. The van der Waals surface area contributed by atoms with Crippen LogP contribution in [0.4, 0.5) is 28.9 Å². The molecule has 2 N–H and O–H groups in total. The Morgan fingerprint density at radius 1 is 0.580 bits per heavy atom. The Kier molecular flexibility index (Phi) is 15.3. The molecule has 16 rings (SSSR count). The topological polar surface area (TPSA) is 233 Å². The summed E-state index contributed by atoms with van der Waals surface area (Å²) in [6.07, 6.45) is 24.3. The first-order valence-corrected chi connectivity index (χ1v) is 28.8. The van der Waals surface area contributed by atoms with E-state index in [9.17, 15) is 27.2 Å². The summed E-state index contributed by atoms with van der Waals surface area (Å²) in [5, 5.41) is 31.9. The molecule has 6 aliphatic heterocycles. The Morgan fingerprint density at radius 2 is 1.00 bits per heavy atom. The van der Waals surface area contributed by atoms with E-state index < -0.39 is 25.0 Å². The fraction of sp³-hybridized carbons (Fsp3) is 0.367. The number of hydrogen-bond acceptors (Lipinski definition) is 16. The normalized spacial score (nSPS) is 21.2. The lowest BCUT2D eigenvalue weighted by Crippen LogP contribution is -2.54. The van der Waals surface area contributed by atoms with Crippen LogP contribution in [0.3, 0.4) is 0 Å². The van der Waals surface area contributed by atoms with Gasteiger partial charge in [0, 0.05) is 88.3 Å². The summed E-state index contributed by atoms with van der Waals surface area (Å²) in [5.74, 6) is 1.88. The van der Waals surface area contributed by atoms with Gasteiger partial charge in [0.25, 0.3) is 11.8 Å². The van der Waals surface area contributed by atoms with Gasteiger partial charge in [-0.1, -0.05) is 13.8 Å². The molecule has 88 heavy (non-hydrogen) atoms. The van der Waals surface area contributed by atoms with Gasteiger partial charge < -0.3 is 39.4 Å². The van der Waals surface area contributed by atoms with Crippen molar-refractivity contribution in [1.82, 2.24) is 78.1 Å². The van der Waals surface area contributed by atoms with E-state index in [0.29, 0.717) is 46.1 Å². The molecule has 0 saturated carbocycles. The number of nitrogens with one attached hydrogen (secondary N) is 2. The van der Waals surface area contributed by atoms with E-state index in [0.717, 1.165) is 26.2 Å². The summed E-state index contributed by atoms with van der Waals surface area (Å²) in [6, 6.07) is 12.4. The molecule has 6 saturated heterocycles. The lowest BCUT2D eigenvalue weighted by Gasteiger charge is -2.51. The van der Waals surface area contributed by atoms with Crippen LogP contribution in [0.2, 0.25) is 0 Å². The van der Waals surface area contributed by atoms with E-state index in [1.807, 2.05) is 21.8 Å². The van der Waals surface area contributed by atoms with Crippen LogP contribution in [0.15, 0.2) is 123 Å². The summed E-state index contributed by atoms with van der Waals surface area (Å²) in [5.41, 5.74) is 2.93. The third-order valence-corrected chi connectivity index (χ3v) is 17.1. The standard InChI is InChI=1S/2C30H31F2N9O3/c2*1-30(17-39-10-6-19(30)7-11-39)18-40-15-21(13-34-40)43-20-4-5-25(44-29(31)32)22(12-20)26-24(16-38(2)37-26)36-28(42)23-14-35-41-9-3-8-33-27(23)41/h2*3-5,8-9,12-16,19,29H,6-7,10-11,17-18H2,1-2H3,(H,36,42). The van der Waals surface area contributed by atoms with Gasteiger partial charge in [-0.25, -0.2) is 19.0 Å². The maximum Gasteiger partial charge on any atom is 0.387 e. The van der Waals surface area contributed by atoms with Gasteiger partial charge in [0.2, 0.25) is 0 Å². The van der Waals surface area contributed by atoms with Gasteiger partial charge in [0.1, 0.15) is 45.5 Å². The van der Waals surface area contributed by atoms with Crippen molar-refractivity contribution < 1.29 is 46.1 Å². The zero-order valence-corrected chi connectivity index (χ0v) is 48.5. The van der Waals surface area contributed by atoms with E-state index >= 15 is 0 Å². The fourth-order valence-electron chi connectivity index (χ4n) is 13.0. The minimum absolute atomic E-state index is 0.120. The Balaban J connectivity index is 0.000000162. The van der Waals surface area contributed by atoms with Gasteiger partial charge in [-0.15, -0.1) is 0 Å². The summed E-state index contributed by atoms with van der Waals surface area (Å²) in [6.45, 7) is 6.86.